The minimum absolute atomic E-state index is 0.00183. The first-order valence-corrected chi connectivity index (χ1v) is 16.3. The maximum absolute atomic E-state index is 14.3. The van der Waals surface area contributed by atoms with E-state index in [0.717, 1.165) is 21.7 Å². The molecule has 3 rings (SSSR count). The summed E-state index contributed by atoms with van der Waals surface area (Å²) < 4.78 is 27.4. The van der Waals surface area contributed by atoms with Crippen LogP contribution in [0.4, 0.5) is 5.69 Å². The summed E-state index contributed by atoms with van der Waals surface area (Å²) in [6.45, 7) is 8.87. The van der Waals surface area contributed by atoms with E-state index < -0.39 is 34.1 Å². The summed E-state index contributed by atoms with van der Waals surface area (Å²) in [6, 6.07) is 20.5. The third-order valence-electron chi connectivity index (χ3n) is 6.67. The molecule has 0 bridgehead atoms. The fourth-order valence-corrected chi connectivity index (χ4v) is 6.04. The predicted molar refractivity (Wildman–Crippen MR) is 172 cm³/mol. The maximum Gasteiger partial charge on any atom is 0.244 e. The van der Waals surface area contributed by atoms with Gasteiger partial charge in [-0.15, -0.1) is 0 Å². The fraction of sp³-hybridized carbons (Fsp3) is 0.375. The van der Waals surface area contributed by atoms with Gasteiger partial charge in [-0.25, -0.2) is 8.42 Å². The Hall–Kier alpha value is -3.07. The molecule has 226 valence electrons. The van der Waals surface area contributed by atoms with Gasteiger partial charge in [0.1, 0.15) is 12.6 Å². The number of nitrogens with zero attached hydrogens (tertiary/aromatic N) is 2. The number of anilines is 1. The monoisotopic (exact) mass is 631 g/mol. The lowest BCUT2D eigenvalue weighted by atomic mass is 10.00. The zero-order chi connectivity index (χ0) is 31.2. The number of carbonyl (C=O) groups is 2. The number of sulfonamides is 1. The molecular formula is C32H39Cl2N3O4S. The molecule has 2 amide bonds. The van der Waals surface area contributed by atoms with Crippen LogP contribution in [0.3, 0.4) is 0 Å². The summed E-state index contributed by atoms with van der Waals surface area (Å²) in [4.78, 5) is 29.6. The molecule has 0 heterocycles. The van der Waals surface area contributed by atoms with Crippen LogP contribution < -0.4 is 9.62 Å². The highest BCUT2D eigenvalue weighted by molar-refractivity contribution is 7.92. The molecule has 0 saturated heterocycles. The third-order valence-corrected chi connectivity index (χ3v) is 8.50. The summed E-state index contributed by atoms with van der Waals surface area (Å²) >= 11 is 13.1. The van der Waals surface area contributed by atoms with E-state index in [-0.39, 0.29) is 24.8 Å². The number of hydrogen-bond acceptors (Lipinski definition) is 4. The molecule has 0 fully saturated rings. The van der Waals surface area contributed by atoms with Crippen molar-refractivity contribution < 1.29 is 18.0 Å². The summed E-state index contributed by atoms with van der Waals surface area (Å²) in [5.41, 5.74) is 1.90. The largest absolute Gasteiger partial charge is 0.350 e. The van der Waals surface area contributed by atoms with E-state index in [1.165, 1.54) is 4.90 Å². The second-order valence-corrected chi connectivity index (χ2v) is 14.4. The summed E-state index contributed by atoms with van der Waals surface area (Å²) in [6.07, 6.45) is 1.26. The standard InChI is InChI=1S/C32H39Cl2N3O4S/c1-22(2)24-15-10-11-18-28(24)37(42(6,40)41)21-30(38)36(20-25-26(33)16-12-17-27(25)34)29(31(39)35-32(3,4)5)19-23-13-8-7-9-14-23/h7-18,22,29H,19-21H2,1-6H3,(H,35,39)/t29-/m1/s1. The lowest BCUT2D eigenvalue weighted by Gasteiger charge is -2.35. The highest BCUT2D eigenvalue weighted by Gasteiger charge is 2.35. The number of amides is 2. The van der Waals surface area contributed by atoms with Gasteiger partial charge in [-0.05, 0) is 56.0 Å². The Kier molecular flexibility index (Phi) is 11.1. The normalized spacial score (nSPS) is 12.6. The number of nitrogens with one attached hydrogen (secondary N) is 1. The van der Waals surface area contributed by atoms with Crippen LogP contribution >= 0.6 is 23.2 Å². The quantitative estimate of drug-likeness (QED) is 0.264. The molecule has 0 unspecified atom stereocenters. The molecule has 0 spiro atoms. The Morgan fingerprint density at radius 2 is 1.45 bits per heavy atom. The molecular weight excluding hydrogens is 593 g/mol. The molecule has 0 radical (unpaired) electrons. The van der Waals surface area contributed by atoms with Crippen molar-refractivity contribution in [3.05, 3.63) is 99.5 Å². The summed E-state index contributed by atoms with van der Waals surface area (Å²) in [5.74, 6) is -0.946. The second-order valence-electron chi connectivity index (χ2n) is 11.6. The van der Waals surface area contributed by atoms with Crippen molar-refractivity contribution in [3.63, 3.8) is 0 Å². The van der Waals surface area contributed by atoms with Crippen LogP contribution in [0.5, 0.6) is 0 Å². The Morgan fingerprint density at radius 3 is 2.00 bits per heavy atom. The van der Waals surface area contributed by atoms with Crippen molar-refractivity contribution in [2.45, 2.75) is 65.1 Å². The molecule has 0 aliphatic rings. The molecule has 0 aliphatic heterocycles. The number of benzene rings is 3. The molecule has 0 aliphatic carbocycles. The number of hydrogen-bond donors (Lipinski definition) is 1. The highest BCUT2D eigenvalue weighted by Crippen LogP contribution is 2.31. The third kappa shape index (κ3) is 8.96. The van der Waals surface area contributed by atoms with Gasteiger partial charge in [0, 0.05) is 34.1 Å². The van der Waals surface area contributed by atoms with E-state index >= 15 is 0 Å². The van der Waals surface area contributed by atoms with Crippen LogP contribution in [0.1, 0.15) is 57.2 Å². The molecule has 42 heavy (non-hydrogen) atoms. The van der Waals surface area contributed by atoms with E-state index in [2.05, 4.69) is 5.32 Å². The maximum atomic E-state index is 14.3. The van der Waals surface area contributed by atoms with Crippen molar-refractivity contribution in [2.24, 2.45) is 0 Å². The van der Waals surface area contributed by atoms with Crippen LogP contribution in [0.2, 0.25) is 10.0 Å². The van der Waals surface area contributed by atoms with Crippen molar-refractivity contribution in [3.8, 4) is 0 Å². The van der Waals surface area contributed by atoms with Gasteiger partial charge in [-0.1, -0.05) is 91.6 Å². The van der Waals surface area contributed by atoms with Gasteiger partial charge in [-0.2, -0.15) is 0 Å². The highest BCUT2D eigenvalue weighted by atomic mass is 35.5. The van der Waals surface area contributed by atoms with Crippen molar-refractivity contribution in [1.82, 2.24) is 10.2 Å². The van der Waals surface area contributed by atoms with Crippen LogP contribution in [-0.4, -0.2) is 49.5 Å². The van der Waals surface area contributed by atoms with E-state index in [4.69, 9.17) is 23.2 Å². The Balaban J connectivity index is 2.16. The average molecular weight is 633 g/mol. The first-order chi connectivity index (χ1) is 19.6. The van der Waals surface area contributed by atoms with Gasteiger partial charge < -0.3 is 10.2 Å². The molecule has 1 N–H and O–H groups in total. The van der Waals surface area contributed by atoms with E-state index in [0.29, 0.717) is 21.3 Å². The fourth-order valence-electron chi connectivity index (χ4n) is 4.66. The van der Waals surface area contributed by atoms with Crippen molar-refractivity contribution >= 4 is 50.7 Å². The van der Waals surface area contributed by atoms with E-state index in [9.17, 15) is 18.0 Å². The molecule has 0 saturated carbocycles. The minimum atomic E-state index is -3.89. The molecule has 7 nitrogen and oxygen atoms in total. The van der Waals surface area contributed by atoms with Crippen LogP contribution in [0, 0.1) is 0 Å². The van der Waals surface area contributed by atoms with Gasteiger partial charge >= 0.3 is 0 Å². The number of halogens is 2. The number of para-hydroxylation sites is 1. The first kappa shape index (κ1) is 33.4. The Morgan fingerprint density at radius 1 is 0.881 bits per heavy atom. The molecule has 10 heteroatoms. The van der Waals surface area contributed by atoms with Crippen LogP contribution in [0.15, 0.2) is 72.8 Å². The molecule has 3 aromatic rings. The zero-order valence-electron chi connectivity index (χ0n) is 24.9. The van der Waals surface area contributed by atoms with Crippen LogP contribution in [0.25, 0.3) is 0 Å². The van der Waals surface area contributed by atoms with E-state index in [1.807, 2.05) is 77.1 Å². The summed E-state index contributed by atoms with van der Waals surface area (Å²) in [7, 11) is -3.89. The minimum Gasteiger partial charge on any atom is -0.350 e. The average Bonchev–Trinajstić information content (AvgIpc) is 2.89. The summed E-state index contributed by atoms with van der Waals surface area (Å²) in [5, 5.41) is 3.67. The molecule has 0 aromatic heterocycles. The van der Waals surface area contributed by atoms with E-state index in [1.54, 1.807) is 30.3 Å². The first-order valence-electron chi connectivity index (χ1n) is 13.7. The van der Waals surface area contributed by atoms with Crippen LogP contribution in [-0.2, 0) is 32.6 Å². The van der Waals surface area contributed by atoms with Gasteiger partial charge in [0.2, 0.25) is 21.8 Å². The number of carbonyl (C=O) groups excluding carboxylic acids is 2. The topological polar surface area (TPSA) is 86.8 Å². The van der Waals surface area contributed by atoms with Gasteiger partial charge in [0.25, 0.3) is 0 Å². The Labute approximate surface area is 259 Å². The lowest BCUT2D eigenvalue weighted by molar-refractivity contribution is -0.140. The number of rotatable bonds is 11. The van der Waals surface area contributed by atoms with Gasteiger partial charge in [-0.3, -0.25) is 13.9 Å². The smallest absolute Gasteiger partial charge is 0.244 e. The van der Waals surface area contributed by atoms with Gasteiger partial charge in [0.05, 0.1) is 11.9 Å². The lowest BCUT2D eigenvalue weighted by Crippen LogP contribution is -2.56. The SMILES string of the molecule is CC(C)c1ccccc1N(CC(=O)N(Cc1c(Cl)cccc1Cl)[C@H](Cc1ccccc1)C(=O)NC(C)(C)C)S(C)(=O)=O. The van der Waals surface area contributed by atoms with Crippen molar-refractivity contribution in [2.75, 3.05) is 17.1 Å². The van der Waals surface area contributed by atoms with Crippen molar-refractivity contribution in [1.29, 1.82) is 0 Å². The zero-order valence-corrected chi connectivity index (χ0v) is 27.2. The Bertz CT molecular complexity index is 1490. The molecule has 3 aromatic carbocycles. The predicted octanol–water partition coefficient (Wildman–Crippen LogP) is 6.44. The van der Waals surface area contributed by atoms with Gasteiger partial charge in [0.15, 0.2) is 0 Å². The second kappa shape index (κ2) is 13.9. The molecule has 1 atom stereocenters.